The first kappa shape index (κ1) is 22.4. The van der Waals surface area contributed by atoms with Crippen molar-refractivity contribution in [3.8, 4) is 17.6 Å². The first-order chi connectivity index (χ1) is 15.0. The second kappa shape index (κ2) is 10.6. The molecule has 1 aliphatic carbocycles. The topological polar surface area (TPSA) is 97.6 Å². The van der Waals surface area contributed by atoms with Gasteiger partial charge in [-0.2, -0.15) is 5.26 Å². The van der Waals surface area contributed by atoms with Crippen molar-refractivity contribution in [3.05, 3.63) is 45.8 Å². The summed E-state index contributed by atoms with van der Waals surface area (Å²) in [4.78, 5) is 25.4. The van der Waals surface area contributed by atoms with Crippen molar-refractivity contribution in [1.82, 2.24) is 0 Å². The number of nitrogens with one attached hydrogen (secondary N) is 1. The van der Waals surface area contributed by atoms with Crippen LogP contribution >= 0.6 is 11.3 Å². The van der Waals surface area contributed by atoms with Crippen molar-refractivity contribution < 1.29 is 23.8 Å². The highest BCUT2D eigenvalue weighted by Gasteiger charge is 2.21. The minimum Gasteiger partial charge on any atom is -0.497 e. The van der Waals surface area contributed by atoms with Crippen molar-refractivity contribution in [2.24, 2.45) is 0 Å². The Hall–Kier alpha value is -3.31. The number of methoxy groups -OCH3 is 2. The lowest BCUT2D eigenvalue weighted by Gasteiger charge is -2.07. The molecule has 0 saturated carbocycles. The monoisotopic (exact) mass is 440 g/mol. The molecule has 3 rings (SSSR count). The minimum atomic E-state index is -0.657. The Bertz CT molecular complexity index is 1040. The number of carbonyl (C=O) groups is 2. The molecule has 162 valence electrons. The van der Waals surface area contributed by atoms with E-state index in [0.717, 1.165) is 42.5 Å². The Kier molecular flexibility index (Phi) is 7.68. The zero-order valence-electron chi connectivity index (χ0n) is 17.5. The van der Waals surface area contributed by atoms with Crippen LogP contribution < -0.4 is 14.8 Å². The SMILES string of the molecule is COc1ccc(/C=C/C(=O)OCC(=O)Nc2sc3c(c2C#N)CCCCC3)c(OC)c1. The normalized spacial score (nSPS) is 13.1. The summed E-state index contributed by atoms with van der Waals surface area (Å²) in [6.45, 7) is -0.434. The summed E-state index contributed by atoms with van der Waals surface area (Å²) in [6.07, 6.45) is 7.86. The molecule has 0 saturated heterocycles. The summed E-state index contributed by atoms with van der Waals surface area (Å²) in [7, 11) is 3.08. The second-order valence-electron chi connectivity index (χ2n) is 6.98. The van der Waals surface area contributed by atoms with Crippen LogP contribution in [0.1, 0.15) is 40.8 Å². The van der Waals surface area contributed by atoms with E-state index in [4.69, 9.17) is 14.2 Å². The number of benzene rings is 1. The van der Waals surface area contributed by atoms with Crippen LogP contribution in [-0.2, 0) is 27.2 Å². The number of aryl methyl sites for hydroxylation is 1. The van der Waals surface area contributed by atoms with Gasteiger partial charge in [-0.25, -0.2) is 4.79 Å². The molecular weight excluding hydrogens is 416 g/mol. The molecule has 8 heteroatoms. The fourth-order valence-corrected chi connectivity index (χ4v) is 4.67. The lowest BCUT2D eigenvalue weighted by atomic mass is 10.1. The number of hydrogen-bond donors (Lipinski definition) is 1. The zero-order chi connectivity index (χ0) is 22.2. The smallest absolute Gasteiger partial charge is 0.331 e. The maximum Gasteiger partial charge on any atom is 0.331 e. The number of nitriles is 1. The number of amides is 1. The van der Waals surface area contributed by atoms with Gasteiger partial charge in [0.05, 0.1) is 19.8 Å². The highest BCUT2D eigenvalue weighted by Crippen LogP contribution is 2.36. The molecule has 0 radical (unpaired) electrons. The maximum absolute atomic E-state index is 12.3. The van der Waals surface area contributed by atoms with Gasteiger partial charge in [-0.1, -0.05) is 6.42 Å². The first-order valence-electron chi connectivity index (χ1n) is 9.97. The van der Waals surface area contributed by atoms with Gasteiger partial charge in [0.1, 0.15) is 22.6 Å². The predicted octanol–water partition coefficient (Wildman–Crippen LogP) is 4.10. The van der Waals surface area contributed by atoms with E-state index in [2.05, 4.69) is 11.4 Å². The molecule has 0 fully saturated rings. The summed E-state index contributed by atoms with van der Waals surface area (Å²) in [5, 5.41) is 12.8. The number of hydrogen-bond acceptors (Lipinski definition) is 7. The second-order valence-corrected chi connectivity index (χ2v) is 8.08. The van der Waals surface area contributed by atoms with Gasteiger partial charge in [-0.15, -0.1) is 11.3 Å². The maximum atomic E-state index is 12.3. The molecule has 1 aromatic carbocycles. The van der Waals surface area contributed by atoms with Crippen molar-refractivity contribution in [2.75, 3.05) is 26.1 Å². The van der Waals surface area contributed by atoms with Crippen molar-refractivity contribution in [3.63, 3.8) is 0 Å². The lowest BCUT2D eigenvalue weighted by Crippen LogP contribution is -2.20. The number of ether oxygens (including phenoxy) is 3. The third kappa shape index (κ3) is 5.64. The molecule has 31 heavy (non-hydrogen) atoms. The number of esters is 1. The molecule has 0 unspecified atom stereocenters. The summed E-state index contributed by atoms with van der Waals surface area (Å²) < 4.78 is 15.4. The van der Waals surface area contributed by atoms with Crippen LogP contribution in [0.2, 0.25) is 0 Å². The van der Waals surface area contributed by atoms with Crippen LogP contribution in [-0.4, -0.2) is 32.7 Å². The Morgan fingerprint density at radius 2 is 2.00 bits per heavy atom. The Labute approximate surface area is 185 Å². The van der Waals surface area contributed by atoms with Gasteiger partial charge in [-0.05, 0) is 49.5 Å². The fraction of sp³-hybridized carbons (Fsp3) is 0.348. The van der Waals surface area contributed by atoms with Crippen molar-refractivity contribution in [2.45, 2.75) is 32.1 Å². The van der Waals surface area contributed by atoms with E-state index in [0.29, 0.717) is 27.6 Å². The number of anilines is 1. The van der Waals surface area contributed by atoms with Crippen LogP contribution in [0, 0.1) is 11.3 Å². The highest BCUT2D eigenvalue weighted by molar-refractivity contribution is 7.16. The van der Waals surface area contributed by atoms with Crippen LogP contribution in [0.3, 0.4) is 0 Å². The van der Waals surface area contributed by atoms with E-state index < -0.39 is 18.5 Å². The molecule has 1 heterocycles. The number of fused-ring (bicyclic) bond motifs is 1. The van der Waals surface area contributed by atoms with E-state index in [1.54, 1.807) is 31.4 Å². The third-order valence-electron chi connectivity index (χ3n) is 4.97. The van der Waals surface area contributed by atoms with Gasteiger partial charge in [0.2, 0.25) is 0 Å². The summed E-state index contributed by atoms with van der Waals surface area (Å²) in [6, 6.07) is 7.41. The summed E-state index contributed by atoms with van der Waals surface area (Å²) >= 11 is 1.44. The van der Waals surface area contributed by atoms with Gasteiger partial charge in [0.25, 0.3) is 5.91 Å². The van der Waals surface area contributed by atoms with Gasteiger partial charge in [-0.3, -0.25) is 4.79 Å². The number of nitrogens with zero attached hydrogens (tertiary/aromatic N) is 1. The quantitative estimate of drug-likeness (QED) is 0.395. The van der Waals surface area contributed by atoms with E-state index >= 15 is 0 Å². The molecule has 1 N–H and O–H groups in total. The predicted molar refractivity (Wildman–Crippen MR) is 118 cm³/mol. The third-order valence-corrected chi connectivity index (χ3v) is 6.18. The lowest BCUT2D eigenvalue weighted by molar-refractivity contribution is -0.142. The highest BCUT2D eigenvalue weighted by atomic mass is 32.1. The van der Waals surface area contributed by atoms with Gasteiger partial charge >= 0.3 is 5.97 Å². The molecule has 1 amide bonds. The van der Waals surface area contributed by atoms with Gasteiger partial charge < -0.3 is 19.5 Å². The molecule has 0 bridgehead atoms. The van der Waals surface area contributed by atoms with E-state index in [-0.39, 0.29) is 0 Å². The molecule has 1 aromatic heterocycles. The van der Waals surface area contributed by atoms with Gasteiger partial charge in [0, 0.05) is 22.6 Å². The van der Waals surface area contributed by atoms with E-state index in [1.165, 1.54) is 24.5 Å². The Balaban J connectivity index is 1.57. The van der Waals surface area contributed by atoms with Crippen LogP contribution in [0.4, 0.5) is 5.00 Å². The summed E-state index contributed by atoms with van der Waals surface area (Å²) in [5.41, 5.74) is 2.25. The van der Waals surface area contributed by atoms with Crippen LogP contribution in [0.15, 0.2) is 24.3 Å². The Morgan fingerprint density at radius 1 is 1.19 bits per heavy atom. The number of thiophene rings is 1. The van der Waals surface area contributed by atoms with Crippen molar-refractivity contribution >= 4 is 34.3 Å². The van der Waals surface area contributed by atoms with E-state index in [9.17, 15) is 14.9 Å². The largest absolute Gasteiger partial charge is 0.497 e. The minimum absolute atomic E-state index is 0.434. The summed E-state index contributed by atoms with van der Waals surface area (Å²) in [5.74, 6) is 0.0469. The molecule has 2 aromatic rings. The van der Waals surface area contributed by atoms with Crippen LogP contribution in [0.25, 0.3) is 6.08 Å². The average Bonchev–Trinajstić information content (AvgIpc) is 2.94. The first-order valence-corrected chi connectivity index (χ1v) is 10.8. The van der Waals surface area contributed by atoms with Gasteiger partial charge in [0.15, 0.2) is 6.61 Å². The molecule has 7 nitrogen and oxygen atoms in total. The molecule has 0 atom stereocenters. The van der Waals surface area contributed by atoms with Crippen molar-refractivity contribution in [1.29, 1.82) is 5.26 Å². The molecule has 0 aliphatic heterocycles. The number of carbonyl (C=O) groups excluding carboxylic acids is 2. The molecular formula is C23H24N2O5S. The molecule has 1 aliphatic rings. The molecule has 0 spiro atoms. The number of rotatable bonds is 7. The zero-order valence-corrected chi connectivity index (χ0v) is 18.3. The Morgan fingerprint density at radius 3 is 2.74 bits per heavy atom. The standard InChI is InChI=1S/C23H24N2O5S/c1-28-16-10-8-15(19(12-16)29-2)9-11-22(27)30-14-21(26)25-23-18(13-24)17-6-4-3-5-7-20(17)31-23/h8-12H,3-7,14H2,1-2H3,(H,25,26)/b11-9+. The van der Waals surface area contributed by atoms with E-state index in [1.807, 2.05) is 0 Å². The fourth-order valence-electron chi connectivity index (χ4n) is 3.41. The average molecular weight is 441 g/mol. The van der Waals surface area contributed by atoms with Crippen LogP contribution in [0.5, 0.6) is 11.5 Å².